The van der Waals surface area contributed by atoms with Gasteiger partial charge in [0.25, 0.3) is 0 Å². The number of imidazole rings is 1. The van der Waals surface area contributed by atoms with E-state index in [0.29, 0.717) is 11.7 Å². The van der Waals surface area contributed by atoms with Crippen LogP contribution >= 0.6 is 0 Å². The Morgan fingerprint density at radius 1 is 1.61 bits per heavy atom. The molecule has 0 bridgehead atoms. The molecule has 0 amide bonds. The smallest absolute Gasteiger partial charge is 0.364 e. The minimum Gasteiger partial charge on any atom is -0.364 e. The lowest BCUT2D eigenvalue weighted by Gasteiger charge is -2.29. The Morgan fingerprint density at radius 3 is 3.06 bits per heavy atom. The van der Waals surface area contributed by atoms with E-state index in [4.69, 9.17) is 0 Å². The molecule has 0 saturated carbocycles. The third kappa shape index (κ3) is 2.79. The maximum Gasteiger partial charge on any atom is 0.406 e. The lowest BCUT2D eigenvalue weighted by atomic mass is 9.98. The monoisotopic (exact) mass is 253 g/mol. The second-order valence-electron chi connectivity index (χ2n) is 4.94. The summed E-state index contributed by atoms with van der Waals surface area (Å²) in [5, 5.41) is 14.0. The van der Waals surface area contributed by atoms with E-state index in [0.717, 1.165) is 19.6 Å². The van der Waals surface area contributed by atoms with Gasteiger partial charge in [0.1, 0.15) is 0 Å². The van der Waals surface area contributed by atoms with Gasteiger partial charge in [0.2, 0.25) is 12.1 Å². The molecule has 7 nitrogen and oxygen atoms in total. The van der Waals surface area contributed by atoms with Gasteiger partial charge in [-0.3, -0.25) is 4.57 Å². The van der Waals surface area contributed by atoms with Crippen molar-refractivity contribution in [1.82, 2.24) is 14.5 Å². The van der Waals surface area contributed by atoms with Crippen LogP contribution in [0.3, 0.4) is 0 Å². The molecule has 1 N–H and O–H groups in total. The summed E-state index contributed by atoms with van der Waals surface area (Å²) in [6.45, 7) is 2.94. The van der Waals surface area contributed by atoms with Crippen LogP contribution < -0.4 is 5.32 Å². The second kappa shape index (κ2) is 5.34. The fourth-order valence-corrected chi connectivity index (χ4v) is 2.44. The highest BCUT2D eigenvalue weighted by Gasteiger charge is 2.22. The van der Waals surface area contributed by atoms with Crippen molar-refractivity contribution in [2.45, 2.75) is 12.8 Å². The average molecular weight is 253 g/mol. The molecule has 0 aliphatic carbocycles. The van der Waals surface area contributed by atoms with Crippen LogP contribution in [0, 0.1) is 16.0 Å². The molecule has 1 aliphatic heterocycles. The predicted molar refractivity (Wildman–Crippen MR) is 68.6 cm³/mol. The summed E-state index contributed by atoms with van der Waals surface area (Å²) < 4.78 is 1.66. The van der Waals surface area contributed by atoms with Crippen LogP contribution in [-0.4, -0.2) is 46.1 Å². The van der Waals surface area contributed by atoms with Gasteiger partial charge in [-0.1, -0.05) is 0 Å². The van der Waals surface area contributed by atoms with Gasteiger partial charge in [0, 0.05) is 20.1 Å². The number of aromatic nitrogens is 2. The molecule has 1 aromatic heterocycles. The molecule has 1 aliphatic rings. The molecule has 0 aromatic carbocycles. The number of aryl methyl sites for hydroxylation is 1. The fourth-order valence-electron chi connectivity index (χ4n) is 2.44. The van der Waals surface area contributed by atoms with Crippen molar-refractivity contribution in [2.24, 2.45) is 13.0 Å². The fraction of sp³-hybridized carbons (Fsp3) is 0.727. The van der Waals surface area contributed by atoms with Crippen LogP contribution in [-0.2, 0) is 7.05 Å². The van der Waals surface area contributed by atoms with E-state index in [1.54, 1.807) is 11.6 Å². The van der Waals surface area contributed by atoms with E-state index < -0.39 is 4.92 Å². The summed E-state index contributed by atoms with van der Waals surface area (Å²) in [6, 6.07) is 0. The summed E-state index contributed by atoms with van der Waals surface area (Å²) in [5.74, 6) is 0.938. The number of rotatable bonds is 4. The molecule has 1 atom stereocenters. The standard InChI is InChI=1S/C11H19N5O2/c1-14-5-3-4-9(7-14)6-12-10-11(16(17)18)13-8-15(10)2/h8-9,12H,3-7H2,1-2H3. The molecule has 1 saturated heterocycles. The van der Waals surface area contributed by atoms with Crippen molar-refractivity contribution < 1.29 is 4.92 Å². The second-order valence-corrected chi connectivity index (χ2v) is 4.94. The van der Waals surface area contributed by atoms with Crippen LogP contribution in [0.15, 0.2) is 6.33 Å². The molecule has 1 unspecified atom stereocenters. The van der Waals surface area contributed by atoms with Crippen LogP contribution in [0.1, 0.15) is 12.8 Å². The third-order valence-electron chi connectivity index (χ3n) is 3.37. The Balaban J connectivity index is 1.97. The zero-order valence-electron chi connectivity index (χ0n) is 10.8. The minimum atomic E-state index is -0.449. The van der Waals surface area contributed by atoms with Crippen molar-refractivity contribution in [1.29, 1.82) is 0 Å². The molecular weight excluding hydrogens is 234 g/mol. The summed E-state index contributed by atoms with van der Waals surface area (Å²) >= 11 is 0. The molecule has 2 heterocycles. The topological polar surface area (TPSA) is 76.2 Å². The Hall–Kier alpha value is -1.63. The number of likely N-dealkylation sites (tertiary alicyclic amines) is 1. The normalized spacial score (nSPS) is 20.9. The molecule has 1 fully saturated rings. The van der Waals surface area contributed by atoms with Gasteiger partial charge in [-0.2, -0.15) is 0 Å². The van der Waals surface area contributed by atoms with Crippen LogP contribution in [0.5, 0.6) is 0 Å². The van der Waals surface area contributed by atoms with Crippen molar-refractivity contribution in [3.8, 4) is 0 Å². The predicted octanol–water partition coefficient (Wildman–Crippen LogP) is 1.08. The molecule has 0 spiro atoms. The molecule has 1 aromatic rings. The Morgan fingerprint density at radius 2 is 2.39 bits per heavy atom. The van der Waals surface area contributed by atoms with Crippen LogP contribution in [0.25, 0.3) is 0 Å². The van der Waals surface area contributed by atoms with Gasteiger partial charge >= 0.3 is 5.82 Å². The number of nitro groups is 1. The number of nitrogens with one attached hydrogen (secondary N) is 1. The van der Waals surface area contributed by atoms with Crippen LogP contribution in [0.2, 0.25) is 0 Å². The molecule has 0 radical (unpaired) electrons. The number of anilines is 1. The van der Waals surface area contributed by atoms with E-state index in [-0.39, 0.29) is 5.82 Å². The largest absolute Gasteiger partial charge is 0.406 e. The highest BCUT2D eigenvalue weighted by Crippen LogP contribution is 2.22. The first-order valence-corrected chi connectivity index (χ1v) is 6.16. The zero-order chi connectivity index (χ0) is 13.1. The van der Waals surface area contributed by atoms with E-state index in [2.05, 4.69) is 22.2 Å². The maximum atomic E-state index is 10.8. The van der Waals surface area contributed by atoms with Crippen molar-refractivity contribution in [3.05, 3.63) is 16.4 Å². The minimum absolute atomic E-state index is 0.0957. The number of nitrogens with zero attached hydrogens (tertiary/aromatic N) is 4. The molecular formula is C11H19N5O2. The Kier molecular flexibility index (Phi) is 3.81. The van der Waals surface area contributed by atoms with Gasteiger partial charge in [0.15, 0.2) is 0 Å². The van der Waals surface area contributed by atoms with Crippen molar-refractivity contribution >= 4 is 11.6 Å². The zero-order valence-corrected chi connectivity index (χ0v) is 10.8. The summed E-state index contributed by atoms with van der Waals surface area (Å²) in [6.07, 6.45) is 3.83. The average Bonchev–Trinajstić information content (AvgIpc) is 2.68. The molecule has 100 valence electrons. The summed E-state index contributed by atoms with van der Waals surface area (Å²) in [5.41, 5.74) is 0. The lowest BCUT2D eigenvalue weighted by Crippen LogP contribution is -2.35. The van der Waals surface area contributed by atoms with Gasteiger partial charge in [-0.15, -0.1) is 0 Å². The number of hydrogen-bond donors (Lipinski definition) is 1. The maximum absolute atomic E-state index is 10.8. The van der Waals surface area contributed by atoms with E-state index >= 15 is 0 Å². The van der Waals surface area contributed by atoms with Gasteiger partial charge < -0.3 is 20.3 Å². The molecule has 2 rings (SSSR count). The van der Waals surface area contributed by atoms with E-state index in [1.165, 1.54) is 19.2 Å². The summed E-state index contributed by atoms with van der Waals surface area (Å²) in [7, 11) is 3.87. The first kappa shape index (κ1) is 12.8. The lowest BCUT2D eigenvalue weighted by molar-refractivity contribution is -0.388. The number of hydrogen-bond acceptors (Lipinski definition) is 5. The van der Waals surface area contributed by atoms with Crippen molar-refractivity contribution in [2.75, 3.05) is 32.0 Å². The SMILES string of the molecule is CN1CCCC(CNc2c([N+](=O)[O-])ncn2C)C1. The van der Waals surface area contributed by atoms with Gasteiger partial charge in [-0.25, -0.2) is 0 Å². The number of piperidine rings is 1. The van der Waals surface area contributed by atoms with Crippen molar-refractivity contribution in [3.63, 3.8) is 0 Å². The Bertz CT molecular complexity index is 431. The van der Waals surface area contributed by atoms with Crippen LogP contribution in [0.4, 0.5) is 11.6 Å². The molecule has 18 heavy (non-hydrogen) atoms. The highest BCUT2D eigenvalue weighted by molar-refractivity contribution is 5.51. The quantitative estimate of drug-likeness (QED) is 0.642. The van der Waals surface area contributed by atoms with E-state index in [1.807, 2.05) is 0 Å². The van der Waals surface area contributed by atoms with E-state index in [9.17, 15) is 10.1 Å². The first-order chi connectivity index (χ1) is 8.58. The molecule has 7 heteroatoms. The van der Waals surface area contributed by atoms with Gasteiger partial charge in [0.05, 0.1) is 0 Å². The summed E-state index contributed by atoms with van der Waals surface area (Å²) in [4.78, 5) is 16.5. The highest BCUT2D eigenvalue weighted by atomic mass is 16.6. The third-order valence-corrected chi connectivity index (χ3v) is 3.37. The van der Waals surface area contributed by atoms with Gasteiger partial charge in [-0.05, 0) is 42.3 Å². The Labute approximate surface area is 106 Å². The first-order valence-electron chi connectivity index (χ1n) is 6.16.